The summed E-state index contributed by atoms with van der Waals surface area (Å²) in [7, 11) is 0. The minimum Gasteiger partial charge on any atom is -0.376 e. The summed E-state index contributed by atoms with van der Waals surface area (Å²) >= 11 is 0. The molecular formula is C16H25N3O2. The first-order chi connectivity index (χ1) is 10.1. The molecule has 116 valence electrons. The lowest BCUT2D eigenvalue weighted by Gasteiger charge is -2.19. The van der Waals surface area contributed by atoms with Gasteiger partial charge in [-0.15, -0.1) is 0 Å². The third-order valence-corrected chi connectivity index (χ3v) is 3.19. The topological polar surface area (TPSA) is 61.4 Å². The van der Waals surface area contributed by atoms with Gasteiger partial charge in [-0.3, -0.25) is 9.59 Å². The number of carbonyl (C=O) groups excluding carboxylic acids is 2. The zero-order valence-corrected chi connectivity index (χ0v) is 13.1. The van der Waals surface area contributed by atoms with Gasteiger partial charge in [0.1, 0.15) is 0 Å². The largest absolute Gasteiger partial charge is 0.376 e. The molecule has 0 fully saturated rings. The number of benzene rings is 1. The summed E-state index contributed by atoms with van der Waals surface area (Å²) in [5.74, 6) is -0.0311. The minimum atomic E-state index is -0.0441. The average Bonchev–Trinajstić information content (AvgIpc) is 2.52. The molecule has 0 radical (unpaired) electrons. The highest BCUT2D eigenvalue weighted by molar-refractivity contribution is 5.95. The van der Waals surface area contributed by atoms with E-state index in [0.29, 0.717) is 25.2 Å². The van der Waals surface area contributed by atoms with Crippen molar-refractivity contribution in [2.75, 3.05) is 31.5 Å². The van der Waals surface area contributed by atoms with E-state index in [9.17, 15) is 9.59 Å². The molecule has 1 aromatic rings. The average molecular weight is 291 g/mol. The van der Waals surface area contributed by atoms with Crippen molar-refractivity contribution >= 4 is 17.5 Å². The number of anilines is 1. The highest BCUT2D eigenvalue weighted by Gasteiger charge is 2.12. The van der Waals surface area contributed by atoms with Gasteiger partial charge < -0.3 is 15.5 Å². The third-order valence-electron chi connectivity index (χ3n) is 3.19. The summed E-state index contributed by atoms with van der Waals surface area (Å²) in [5, 5.41) is 5.84. The number of hydrogen-bond acceptors (Lipinski definition) is 3. The van der Waals surface area contributed by atoms with Crippen LogP contribution in [0.2, 0.25) is 0 Å². The van der Waals surface area contributed by atoms with Crippen LogP contribution in [0.4, 0.5) is 5.69 Å². The molecule has 0 aromatic heterocycles. The van der Waals surface area contributed by atoms with Gasteiger partial charge in [-0.05, 0) is 38.5 Å². The normalized spacial score (nSPS) is 10.0. The van der Waals surface area contributed by atoms with E-state index in [0.717, 1.165) is 12.1 Å². The van der Waals surface area contributed by atoms with Gasteiger partial charge in [0.2, 0.25) is 5.91 Å². The smallest absolute Gasteiger partial charge is 0.253 e. The van der Waals surface area contributed by atoms with Crippen molar-refractivity contribution in [2.24, 2.45) is 0 Å². The van der Waals surface area contributed by atoms with Crippen molar-refractivity contribution in [3.63, 3.8) is 0 Å². The van der Waals surface area contributed by atoms with Crippen molar-refractivity contribution in [1.82, 2.24) is 10.2 Å². The molecule has 1 rings (SSSR count). The zero-order chi connectivity index (χ0) is 15.7. The van der Waals surface area contributed by atoms with Crippen LogP contribution in [-0.2, 0) is 4.79 Å². The molecule has 0 aliphatic carbocycles. The Bertz CT molecular complexity index is 470. The molecule has 0 bridgehead atoms. The van der Waals surface area contributed by atoms with Crippen LogP contribution in [0, 0.1) is 0 Å². The Morgan fingerprint density at radius 2 is 1.86 bits per heavy atom. The van der Waals surface area contributed by atoms with Gasteiger partial charge in [0, 0.05) is 30.9 Å². The van der Waals surface area contributed by atoms with E-state index in [2.05, 4.69) is 10.6 Å². The zero-order valence-electron chi connectivity index (χ0n) is 13.1. The fourth-order valence-corrected chi connectivity index (χ4v) is 1.96. The van der Waals surface area contributed by atoms with E-state index in [1.807, 2.05) is 32.9 Å². The molecule has 0 saturated heterocycles. The first-order valence-corrected chi connectivity index (χ1v) is 7.52. The number of carbonyl (C=O) groups is 2. The van der Waals surface area contributed by atoms with Crippen LogP contribution in [0.3, 0.4) is 0 Å². The number of nitrogens with one attached hydrogen (secondary N) is 2. The number of hydrogen-bond donors (Lipinski definition) is 2. The molecule has 0 unspecified atom stereocenters. The van der Waals surface area contributed by atoms with Crippen LogP contribution in [-0.4, -0.2) is 42.9 Å². The Kier molecular flexibility index (Phi) is 7.29. The summed E-state index contributed by atoms with van der Waals surface area (Å²) < 4.78 is 0. The van der Waals surface area contributed by atoms with E-state index in [-0.39, 0.29) is 18.4 Å². The van der Waals surface area contributed by atoms with Crippen molar-refractivity contribution in [1.29, 1.82) is 0 Å². The lowest BCUT2D eigenvalue weighted by Crippen LogP contribution is -2.31. The highest BCUT2D eigenvalue weighted by Crippen LogP contribution is 2.12. The maximum absolute atomic E-state index is 12.3. The summed E-state index contributed by atoms with van der Waals surface area (Å²) in [5.41, 5.74) is 1.41. The van der Waals surface area contributed by atoms with E-state index in [1.165, 1.54) is 0 Å². The van der Waals surface area contributed by atoms with Crippen molar-refractivity contribution in [3.8, 4) is 0 Å². The molecule has 0 saturated carbocycles. The van der Waals surface area contributed by atoms with Crippen LogP contribution in [0.1, 0.15) is 37.6 Å². The fraction of sp³-hybridized carbons (Fsp3) is 0.500. The summed E-state index contributed by atoms with van der Waals surface area (Å²) in [4.78, 5) is 25.6. The second-order valence-electron chi connectivity index (χ2n) is 4.76. The van der Waals surface area contributed by atoms with Crippen molar-refractivity contribution < 1.29 is 9.59 Å². The second-order valence-corrected chi connectivity index (χ2v) is 4.76. The van der Waals surface area contributed by atoms with Crippen LogP contribution in [0.25, 0.3) is 0 Å². The van der Waals surface area contributed by atoms with Crippen LogP contribution in [0.5, 0.6) is 0 Å². The molecule has 5 heteroatoms. The third kappa shape index (κ3) is 5.45. The molecular weight excluding hydrogens is 266 g/mol. The van der Waals surface area contributed by atoms with Gasteiger partial charge in [0.15, 0.2) is 0 Å². The predicted molar refractivity (Wildman–Crippen MR) is 85.5 cm³/mol. The SMILES string of the molecule is CCCNC(=O)CNc1cccc(C(=O)N(CC)CC)c1. The van der Waals surface area contributed by atoms with Gasteiger partial charge in [0.05, 0.1) is 6.54 Å². The summed E-state index contributed by atoms with van der Waals surface area (Å²) in [6.07, 6.45) is 0.916. The molecule has 0 atom stereocenters. The second kappa shape index (κ2) is 9.00. The summed E-state index contributed by atoms with van der Waals surface area (Å²) in [6.45, 7) is 8.20. The lowest BCUT2D eigenvalue weighted by atomic mass is 10.1. The highest BCUT2D eigenvalue weighted by atomic mass is 16.2. The molecule has 2 amide bonds. The fourth-order valence-electron chi connectivity index (χ4n) is 1.96. The number of nitrogens with zero attached hydrogens (tertiary/aromatic N) is 1. The van der Waals surface area contributed by atoms with Crippen LogP contribution in [0.15, 0.2) is 24.3 Å². The van der Waals surface area contributed by atoms with Gasteiger partial charge in [0.25, 0.3) is 5.91 Å². The Morgan fingerprint density at radius 1 is 1.14 bits per heavy atom. The molecule has 0 aliphatic heterocycles. The minimum absolute atomic E-state index is 0.0130. The maximum Gasteiger partial charge on any atom is 0.253 e. The van der Waals surface area contributed by atoms with Crippen molar-refractivity contribution in [3.05, 3.63) is 29.8 Å². The molecule has 1 aromatic carbocycles. The molecule has 0 heterocycles. The molecule has 21 heavy (non-hydrogen) atoms. The van der Waals surface area contributed by atoms with Gasteiger partial charge in [-0.1, -0.05) is 13.0 Å². The maximum atomic E-state index is 12.3. The summed E-state index contributed by atoms with van der Waals surface area (Å²) in [6, 6.07) is 7.26. The number of amides is 2. The van der Waals surface area contributed by atoms with E-state index >= 15 is 0 Å². The first kappa shape index (κ1) is 17.0. The number of rotatable bonds is 8. The van der Waals surface area contributed by atoms with E-state index < -0.39 is 0 Å². The van der Waals surface area contributed by atoms with Crippen molar-refractivity contribution in [2.45, 2.75) is 27.2 Å². The van der Waals surface area contributed by atoms with Crippen LogP contribution < -0.4 is 10.6 Å². The van der Waals surface area contributed by atoms with Gasteiger partial charge >= 0.3 is 0 Å². The Balaban J connectivity index is 2.64. The quantitative estimate of drug-likeness (QED) is 0.771. The Morgan fingerprint density at radius 3 is 2.48 bits per heavy atom. The first-order valence-electron chi connectivity index (χ1n) is 7.52. The lowest BCUT2D eigenvalue weighted by molar-refractivity contribution is -0.119. The standard InChI is InChI=1S/C16H25N3O2/c1-4-10-17-15(20)12-18-14-9-7-8-13(11-14)16(21)19(5-2)6-3/h7-9,11,18H,4-6,10,12H2,1-3H3,(H,17,20). The van der Waals surface area contributed by atoms with E-state index in [1.54, 1.807) is 17.0 Å². The van der Waals surface area contributed by atoms with Crippen LogP contribution >= 0.6 is 0 Å². The van der Waals surface area contributed by atoms with E-state index in [4.69, 9.17) is 0 Å². The molecule has 0 spiro atoms. The Labute approximate surface area is 126 Å². The Hall–Kier alpha value is -2.04. The monoisotopic (exact) mass is 291 g/mol. The molecule has 0 aliphatic rings. The molecule has 2 N–H and O–H groups in total. The van der Waals surface area contributed by atoms with Gasteiger partial charge in [-0.25, -0.2) is 0 Å². The molecule has 5 nitrogen and oxygen atoms in total. The van der Waals surface area contributed by atoms with Gasteiger partial charge in [-0.2, -0.15) is 0 Å². The predicted octanol–water partition coefficient (Wildman–Crippen LogP) is 2.11.